The van der Waals surface area contributed by atoms with Crippen molar-refractivity contribution in [3.63, 3.8) is 0 Å². The molecule has 0 saturated carbocycles. The highest BCUT2D eigenvalue weighted by molar-refractivity contribution is 5.82. The van der Waals surface area contributed by atoms with Crippen LogP contribution in [-0.4, -0.2) is 58.2 Å². The summed E-state index contributed by atoms with van der Waals surface area (Å²) in [7, 11) is 0. The number of nitrogens with zero attached hydrogens (tertiary/aromatic N) is 4. The summed E-state index contributed by atoms with van der Waals surface area (Å²) in [6, 6.07) is 0. The van der Waals surface area contributed by atoms with E-state index in [2.05, 4.69) is 34.1 Å². The summed E-state index contributed by atoms with van der Waals surface area (Å²) in [4.78, 5) is 18.6. The Bertz CT molecular complexity index is 421. The molecule has 1 saturated heterocycles. The highest BCUT2D eigenvalue weighted by Crippen LogP contribution is 2.04. The van der Waals surface area contributed by atoms with E-state index in [0.717, 1.165) is 45.0 Å². The van der Waals surface area contributed by atoms with Gasteiger partial charge in [-0.25, -0.2) is 9.67 Å². The second kappa shape index (κ2) is 7.50. The van der Waals surface area contributed by atoms with Crippen LogP contribution in [0.4, 0.5) is 0 Å². The van der Waals surface area contributed by atoms with Gasteiger partial charge in [0.2, 0.25) is 0 Å². The van der Waals surface area contributed by atoms with Gasteiger partial charge in [-0.3, -0.25) is 9.69 Å². The number of ketones is 1. The van der Waals surface area contributed by atoms with Gasteiger partial charge in [0.15, 0.2) is 5.78 Å². The van der Waals surface area contributed by atoms with Gasteiger partial charge in [-0.1, -0.05) is 13.8 Å². The van der Waals surface area contributed by atoms with Crippen molar-refractivity contribution in [2.45, 2.75) is 33.2 Å². The Morgan fingerprint density at radius 2 is 2.25 bits per heavy atom. The van der Waals surface area contributed by atoms with Crippen LogP contribution in [0.25, 0.3) is 0 Å². The fourth-order valence-corrected chi connectivity index (χ4v) is 2.46. The van der Waals surface area contributed by atoms with Crippen LogP contribution in [0.3, 0.4) is 0 Å². The first-order valence-corrected chi connectivity index (χ1v) is 7.46. The molecule has 0 bridgehead atoms. The van der Waals surface area contributed by atoms with Crippen molar-refractivity contribution in [1.82, 2.24) is 25.0 Å². The third kappa shape index (κ3) is 4.68. The minimum atomic E-state index is 0.227. The summed E-state index contributed by atoms with van der Waals surface area (Å²) in [6.45, 7) is 9.58. The molecule has 1 N–H and O–H groups in total. The lowest BCUT2D eigenvalue weighted by molar-refractivity contribution is -0.119. The second-order valence-corrected chi connectivity index (χ2v) is 5.85. The SMILES string of the molecule is CC(C)Cn1ncnc1CC(=O)CN1CCCNCC1. The number of Topliss-reactive ketones (excluding diaryl/α,β-unsaturated/α-hetero) is 1. The Kier molecular flexibility index (Phi) is 5.67. The Morgan fingerprint density at radius 1 is 1.40 bits per heavy atom. The normalized spacial score (nSPS) is 17.4. The lowest BCUT2D eigenvalue weighted by atomic mass is 10.2. The van der Waals surface area contributed by atoms with Gasteiger partial charge in [0.25, 0.3) is 0 Å². The molecule has 0 atom stereocenters. The first kappa shape index (κ1) is 15.1. The van der Waals surface area contributed by atoms with Gasteiger partial charge in [-0.05, 0) is 25.4 Å². The monoisotopic (exact) mass is 279 g/mol. The molecule has 0 aromatic carbocycles. The zero-order valence-corrected chi connectivity index (χ0v) is 12.5. The molecule has 1 aliphatic rings. The van der Waals surface area contributed by atoms with Gasteiger partial charge < -0.3 is 5.32 Å². The number of carbonyl (C=O) groups excluding carboxylic acids is 1. The molecule has 0 unspecified atom stereocenters. The van der Waals surface area contributed by atoms with Crippen molar-refractivity contribution in [2.75, 3.05) is 32.7 Å². The molecule has 2 rings (SSSR count). The number of carbonyl (C=O) groups is 1. The molecule has 0 amide bonds. The molecular formula is C14H25N5O. The van der Waals surface area contributed by atoms with Gasteiger partial charge in [0.1, 0.15) is 12.2 Å². The van der Waals surface area contributed by atoms with Crippen molar-refractivity contribution < 1.29 is 4.79 Å². The molecular weight excluding hydrogens is 254 g/mol. The second-order valence-electron chi connectivity index (χ2n) is 5.85. The number of nitrogens with one attached hydrogen (secondary N) is 1. The molecule has 1 fully saturated rings. The highest BCUT2D eigenvalue weighted by atomic mass is 16.1. The van der Waals surface area contributed by atoms with Crippen molar-refractivity contribution in [3.05, 3.63) is 12.2 Å². The number of aromatic nitrogens is 3. The van der Waals surface area contributed by atoms with Crippen LogP contribution in [0.15, 0.2) is 6.33 Å². The van der Waals surface area contributed by atoms with E-state index in [9.17, 15) is 4.79 Å². The van der Waals surface area contributed by atoms with Gasteiger partial charge in [0.05, 0.1) is 13.0 Å². The maximum absolute atomic E-state index is 12.2. The van der Waals surface area contributed by atoms with Crippen LogP contribution in [-0.2, 0) is 17.8 Å². The molecule has 6 heteroatoms. The molecule has 0 radical (unpaired) electrons. The zero-order valence-electron chi connectivity index (χ0n) is 12.5. The molecule has 6 nitrogen and oxygen atoms in total. The summed E-state index contributed by atoms with van der Waals surface area (Å²) >= 11 is 0. The van der Waals surface area contributed by atoms with Crippen LogP contribution < -0.4 is 5.32 Å². The molecule has 112 valence electrons. The van der Waals surface area contributed by atoms with Crippen molar-refractivity contribution in [3.8, 4) is 0 Å². The van der Waals surface area contributed by atoms with E-state index in [1.54, 1.807) is 6.33 Å². The fourth-order valence-electron chi connectivity index (χ4n) is 2.46. The predicted octanol–water partition coefficient (Wildman–Crippen LogP) is 0.341. The standard InChI is InChI=1S/C14H25N5O/c1-12(2)9-19-14(16-11-17-19)8-13(20)10-18-6-3-4-15-5-7-18/h11-12,15H,3-10H2,1-2H3. The van der Waals surface area contributed by atoms with E-state index in [-0.39, 0.29) is 5.78 Å². The zero-order chi connectivity index (χ0) is 14.4. The minimum absolute atomic E-state index is 0.227. The van der Waals surface area contributed by atoms with Crippen LogP contribution in [0, 0.1) is 5.92 Å². The third-order valence-corrected chi connectivity index (χ3v) is 3.42. The summed E-state index contributed by atoms with van der Waals surface area (Å²) < 4.78 is 1.85. The summed E-state index contributed by atoms with van der Waals surface area (Å²) in [5.41, 5.74) is 0. The van der Waals surface area contributed by atoms with Gasteiger partial charge in [-0.15, -0.1) is 0 Å². The lowest BCUT2D eigenvalue weighted by Crippen LogP contribution is -2.34. The van der Waals surface area contributed by atoms with E-state index in [1.165, 1.54) is 0 Å². The van der Waals surface area contributed by atoms with E-state index in [0.29, 0.717) is 18.9 Å². The quantitative estimate of drug-likeness (QED) is 0.813. The number of rotatable bonds is 6. The van der Waals surface area contributed by atoms with Crippen molar-refractivity contribution >= 4 is 5.78 Å². The molecule has 1 aliphatic heterocycles. The Balaban J connectivity index is 1.86. The van der Waals surface area contributed by atoms with E-state index < -0.39 is 0 Å². The predicted molar refractivity (Wildman–Crippen MR) is 77.5 cm³/mol. The molecule has 1 aromatic heterocycles. The average molecular weight is 279 g/mol. The lowest BCUT2D eigenvalue weighted by Gasteiger charge is -2.18. The van der Waals surface area contributed by atoms with E-state index in [4.69, 9.17) is 0 Å². The largest absolute Gasteiger partial charge is 0.315 e. The molecule has 20 heavy (non-hydrogen) atoms. The smallest absolute Gasteiger partial charge is 0.154 e. The van der Waals surface area contributed by atoms with Crippen LogP contribution >= 0.6 is 0 Å². The number of hydrogen-bond donors (Lipinski definition) is 1. The molecule has 0 spiro atoms. The summed E-state index contributed by atoms with van der Waals surface area (Å²) in [5, 5.41) is 7.55. The number of hydrogen-bond acceptors (Lipinski definition) is 5. The fraction of sp³-hybridized carbons (Fsp3) is 0.786. The Hall–Kier alpha value is -1.27. The van der Waals surface area contributed by atoms with Crippen LogP contribution in [0.1, 0.15) is 26.1 Å². The molecule has 0 aliphatic carbocycles. The highest BCUT2D eigenvalue weighted by Gasteiger charge is 2.15. The van der Waals surface area contributed by atoms with Crippen molar-refractivity contribution in [2.24, 2.45) is 5.92 Å². The summed E-state index contributed by atoms with van der Waals surface area (Å²) in [6.07, 6.45) is 3.04. The van der Waals surface area contributed by atoms with E-state index in [1.807, 2.05) is 4.68 Å². The van der Waals surface area contributed by atoms with Gasteiger partial charge in [0, 0.05) is 19.6 Å². The van der Waals surface area contributed by atoms with Crippen molar-refractivity contribution in [1.29, 1.82) is 0 Å². The van der Waals surface area contributed by atoms with Crippen LogP contribution in [0.5, 0.6) is 0 Å². The summed E-state index contributed by atoms with van der Waals surface area (Å²) in [5.74, 6) is 1.52. The van der Waals surface area contributed by atoms with Gasteiger partial charge in [-0.2, -0.15) is 5.10 Å². The maximum Gasteiger partial charge on any atom is 0.154 e. The maximum atomic E-state index is 12.2. The molecule has 1 aromatic rings. The first-order valence-electron chi connectivity index (χ1n) is 7.46. The molecule has 2 heterocycles. The Morgan fingerprint density at radius 3 is 3.05 bits per heavy atom. The Labute approximate surface area is 120 Å². The van der Waals surface area contributed by atoms with Crippen LogP contribution in [0.2, 0.25) is 0 Å². The topological polar surface area (TPSA) is 63.1 Å². The first-order chi connectivity index (χ1) is 9.65. The van der Waals surface area contributed by atoms with Gasteiger partial charge >= 0.3 is 0 Å². The van der Waals surface area contributed by atoms with E-state index >= 15 is 0 Å². The average Bonchev–Trinajstić information content (AvgIpc) is 2.64. The minimum Gasteiger partial charge on any atom is -0.315 e. The third-order valence-electron chi connectivity index (χ3n) is 3.42.